The second-order valence-electron chi connectivity index (χ2n) is 3.65. The van der Waals surface area contributed by atoms with Gasteiger partial charge in [-0.3, -0.25) is 0 Å². The predicted molar refractivity (Wildman–Crippen MR) is 69.2 cm³/mol. The molecule has 16 heavy (non-hydrogen) atoms. The van der Waals surface area contributed by atoms with Gasteiger partial charge in [0.25, 0.3) is 0 Å². The minimum Gasteiger partial charge on any atom is -0.320 e. The number of hydrogen-bond acceptors (Lipinski definition) is 2. The van der Waals surface area contributed by atoms with Crippen LogP contribution in [0.4, 0.5) is 4.39 Å². The molecule has 4 heteroatoms. The monoisotopic (exact) mass is 299 g/mol. The topological polar surface area (TPSA) is 26.0 Å². The van der Waals surface area contributed by atoms with Crippen molar-refractivity contribution in [1.82, 2.24) is 0 Å². The van der Waals surface area contributed by atoms with Gasteiger partial charge in [-0.25, -0.2) is 4.39 Å². The van der Waals surface area contributed by atoms with Crippen molar-refractivity contribution in [2.45, 2.75) is 13.0 Å². The molecule has 0 bridgehead atoms. The van der Waals surface area contributed by atoms with Crippen LogP contribution >= 0.6 is 27.3 Å². The number of halogens is 2. The normalized spacial score (nSPS) is 12.8. The van der Waals surface area contributed by atoms with Crippen molar-refractivity contribution in [2.75, 3.05) is 0 Å². The second kappa shape index (κ2) is 4.65. The van der Waals surface area contributed by atoms with Gasteiger partial charge in [0.05, 0.1) is 6.04 Å². The van der Waals surface area contributed by atoms with Gasteiger partial charge in [-0.2, -0.15) is 11.3 Å². The molecule has 0 saturated heterocycles. The van der Waals surface area contributed by atoms with Gasteiger partial charge in [-0.15, -0.1) is 0 Å². The Balaban J connectivity index is 2.45. The number of hydrogen-bond donors (Lipinski definition) is 1. The van der Waals surface area contributed by atoms with Gasteiger partial charge in [0.2, 0.25) is 0 Å². The summed E-state index contributed by atoms with van der Waals surface area (Å²) in [5, 5.41) is 3.99. The van der Waals surface area contributed by atoms with Crippen molar-refractivity contribution in [2.24, 2.45) is 5.73 Å². The molecule has 84 valence electrons. The summed E-state index contributed by atoms with van der Waals surface area (Å²) in [6.45, 7) is 1.99. The third kappa shape index (κ3) is 2.19. The molecule has 2 N–H and O–H groups in total. The van der Waals surface area contributed by atoms with E-state index in [0.717, 1.165) is 15.6 Å². The second-order valence-corrected chi connectivity index (χ2v) is 5.31. The Morgan fingerprint density at radius 2 is 2.06 bits per heavy atom. The highest BCUT2D eigenvalue weighted by Crippen LogP contribution is 2.28. The van der Waals surface area contributed by atoms with Crippen molar-refractivity contribution in [3.8, 4) is 0 Å². The molecule has 1 unspecified atom stereocenters. The minimum atomic E-state index is -0.399. The first-order chi connectivity index (χ1) is 7.59. The quantitative estimate of drug-likeness (QED) is 0.891. The summed E-state index contributed by atoms with van der Waals surface area (Å²) in [4.78, 5) is 0. The van der Waals surface area contributed by atoms with Crippen molar-refractivity contribution >= 4 is 27.3 Å². The maximum atomic E-state index is 13.6. The molecule has 0 aliphatic heterocycles. The van der Waals surface area contributed by atoms with Crippen LogP contribution in [0.5, 0.6) is 0 Å². The maximum absolute atomic E-state index is 13.6. The van der Waals surface area contributed by atoms with Crippen molar-refractivity contribution in [3.63, 3.8) is 0 Å². The van der Waals surface area contributed by atoms with Crippen LogP contribution in [-0.4, -0.2) is 0 Å². The van der Waals surface area contributed by atoms with E-state index in [4.69, 9.17) is 5.73 Å². The Labute approximate surface area is 106 Å². The van der Waals surface area contributed by atoms with Gasteiger partial charge in [0.15, 0.2) is 0 Å². The van der Waals surface area contributed by atoms with E-state index in [0.29, 0.717) is 5.56 Å². The SMILES string of the molecule is Cc1cscc1C(N)c1cc(Br)ccc1F. The molecular formula is C12H11BrFNS. The van der Waals surface area contributed by atoms with Crippen LogP contribution in [0.1, 0.15) is 22.7 Å². The van der Waals surface area contributed by atoms with Crippen LogP contribution < -0.4 is 5.73 Å². The smallest absolute Gasteiger partial charge is 0.128 e. The van der Waals surface area contributed by atoms with E-state index >= 15 is 0 Å². The molecule has 0 radical (unpaired) electrons. The minimum absolute atomic E-state index is 0.263. The fraction of sp³-hybridized carbons (Fsp3) is 0.167. The Morgan fingerprint density at radius 3 is 2.69 bits per heavy atom. The first-order valence-corrected chi connectivity index (χ1v) is 6.56. The lowest BCUT2D eigenvalue weighted by molar-refractivity contribution is 0.599. The number of aryl methyl sites for hydroxylation is 1. The van der Waals surface area contributed by atoms with E-state index < -0.39 is 6.04 Å². The first kappa shape index (κ1) is 11.8. The fourth-order valence-corrected chi connectivity index (χ4v) is 2.88. The maximum Gasteiger partial charge on any atom is 0.128 e. The first-order valence-electron chi connectivity index (χ1n) is 4.83. The highest BCUT2D eigenvalue weighted by molar-refractivity contribution is 9.10. The van der Waals surface area contributed by atoms with Crippen molar-refractivity contribution in [3.05, 3.63) is 55.9 Å². The molecular weight excluding hydrogens is 289 g/mol. The molecule has 0 aliphatic rings. The van der Waals surface area contributed by atoms with Gasteiger partial charge in [0.1, 0.15) is 5.82 Å². The zero-order valence-electron chi connectivity index (χ0n) is 8.71. The summed E-state index contributed by atoms with van der Waals surface area (Å²) in [5.74, 6) is -0.263. The Bertz CT molecular complexity index is 509. The molecule has 1 aromatic heterocycles. The molecule has 0 fully saturated rings. The summed E-state index contributed by atoms with van der Waals surface area (Å²) in [5.41, 5.74) is 8.70. The fourth-order valence-electron chi connectivity index (χ4n) is 1.61. The number of benzene rings is 1. The Kier molecular flexibility index (Phi) is 3.42. The Morgan fingerprint density at radius 1 is 1.31 bits per heavy atom. The van der Waals surface area contributed by atoms with Crippen molar-refractivity contribution < 1.29 is 4.39 Å². The molecule has 0 aliphatic carbocycles. The lowest BCUT2D eigenvalue weighted by Crippen LogP contribution is -2.13. The number of rotatable bonds is 2. The lowest BCUT2D eigenvalue weighted by Gasteiger charge is -2.13. The van der Waals surface area contributed by atoms with Crippen LogP contribution in [0.25, 0.3) is 0 Å². The molecule has 1 nitrogen and oxygen atoms in total. The van der Waals surface area contributed by atoms with Gasteiger partial charge < -0.3 is 5.73 Å². The average molecular weight is 300 g/mol. The third-order valence-corrected chi connectivity index (χ3v) is 3.90. The van der Waals surface area contributed by atoms with Gasteiger partial charge in [-0.05, 0) is 47.0 Å². The Hall–Kier alpha value is -0.710. The summed E-state index contributed by atoms with van der Waals surface area (Å²) < 4.78 is 14.5. The summed E-state index contributed by atoms with van der Waals surface area (Å²) in [6, 6.07) is 4.44. The third-order valence-electron chi connectivity index (χ3n) is 2.52. The highest BCUT2D eigenvalue weighted by atomic mass is 79.9. The molecule has 0 amide bonds. The standard InChI is InChI=1S/C12H11BrFNS/c1-7-5-16-6-10(7)12(15)9-4-8(13)2-3-11(9)14/h2-6,12H,15H2,1H3. The van der Waals surface area contributed by atoms with Crippen LogP contribution in [-0.2, 0) is 0 Å². The van der Waals surface area contributed by atoms with E-state index in [-0.39, 0.29) is 5.82 Å². The molecule has 1 heterocycles. The van der Waals surface area contributed by atoms with E-state index in [9.17, 15) is 4.39 Å². The van der Waals surface area contributed by atoms with Crippen LogP contribution in [0.3, 0.4) is 0 Å². The lowest BCUT2D eigenvalue weighted by atomic mass is 9.99. The molecule has 1 aromatic carbocycles. The molecule has 2 aromatic rings. The zero-order chi connectivity index (χ0) is 11.7. The van der Waals surface area contributed by atoms with Crippen LogP contribution in [0.15, 0.2) is 33.4 Å². The number of thiophene rings is 1. The van der Waals surface area contributed by atoms with Crippen molar-refractivity contribution in [1.29, 1.82) is 0 Å². The number of nitrogens with two attached hydrogens (primary N) is 1. The van der Waals surface area contributed by atoms with Gasteiger partial charge in [0, 0.05) is 10.0 Å². The largest absolute Gasteiger partial charge is 0.320 e. The van der Waals surface area contributed by atoms with E-state index in [2.05, 4.69) is 15.9 Å². The zero-order valence-corrected chi connectivity index (χ0v) is 11.1. The van der Waals surface area contributed by atoms with Crippen LogP contribution in [0, 0.1) is 12.7 Å². The average Bonchev–Trinajstić information content (AvgIpc) is 2.67. The van der Waals surface area contributed by atoms with E-state index in [1.807, 2.05) is 17.7 Å². The summed E-state index contributed by atoms with van der Waals surface area (Å²) in [6.07, 6.45) is 0. The summed E-state index contributed by atoms with van der Waals surface area (Å²) in [7, 11) is 0. The summed E-state index contributed by atoms with van der Waals surface area (Å²) >= 11 is 4.91. The molecule has 1 atom stereocenters. The molecule has 0 spiro atoms. The molecule has 2 rings (SSSR count). The predicted octanol–water partition coefficient (Wildman–Crippen LogP) is 4.01. The highest BCUT2D eigenvalue weighted by Gasteiger charge is 2.16. The molecule has 0 saturated carbocycles. The van der Waals surface area contributed by atoms with Crippen LogP contribution in [0.2, 0.25) is 0 Å². The van der Waals surface area contributed by atoms with E-state index in [1.165, 1.54) is 6.07 Å². The van der Waals surface area contributed by atoms with Gasteiger partial charge >= 0.3 is 0 Å². The van der Waals surface area contributed by atoms with E-state index in [1.54, 1.807) is 23.5 Å². The van der Waals surface area contributed by atoms with Gasteiger partial charge in [-0.1, -0.05) is 15.9 Å².